The van der Waals surface area contributed by atoms with Crippen molar-refractivity contribution in [2.45, 2.75) is 50.6 Å². The molecule has 0 atom stereocenters. The van der Waals surface area contributed by atoms with E-state index in [9.17, 15) is 18.8 Å². The van der Waals surface area contributed by atoms with Crippen LogP contribution in [0.25, 0.3) is 0 Å². The van der Waals surface area contributed by atoms with Crippen molar-refractivity contribution in [2.24, 2.45) is 0 Å². The van der Waals surface area contributed by atoms with Crippen LogP contribution < -0.4 is 10.6 Å². The van der Waals surface area contributed by atoms with Crippen LogP contribution in [0.3, 0.4) is 0 Å². The summed E-state index contributed by atoms with van der Waals surface area (Å²) in [5.74, 6) is -1.32. The Bertz CT molecular complexity index is 835. The summed E-state index contributed by atoms with van der Waals surface area (Å²) >= 11 is 0. The molecule has 4 amide bonds. The van der Waals surface area contributed by atoms with Crippen LogP contribution in [-0.4, -0.2) is 53.3 Å². The Hall–Kier alpha value is -2.48. The van der Waals surface area contributed by atoms with E-state index in [0.29, 0.717) is 37.9 Å². The molecule has 2 heterocycles. The maximum Gasteiger partial charge on any atom is 0.327 e. The van der Waals surface area contributed by atoms with Gasteiger partial charge in [0.15, 0.2) is 0 Å². The van der Waals surface area contributed by atoms with Crippen molar-refractivity contribution in [2.75, 3.05) is 25.5 Å². The summed E-state index contributed by atoms with van der Waals surface area (Å²) < 4.78 is 14.7. The van der Waals surface area contributed by atoms with E-state index in [1.807, 2.05) is 0 Å². The van der Waals surface area contributed by atoms with E-state index in [1.165, 1.54) is 11.0 Å². The van der Waals surface area contributed by atoms with Crippen LogP contribution in [-0.2, 0) is 22.6 Å². The molecule has 4 rings (SSSR count). The molecule has 1 aromatic carbocycles. The third-order valence-corrected chi connectivity index (χ3v) is 6.27. The second-order valence-electron chi connectivity index (χ2n) is 7.86. The summed E-state index contributed by atoms with van der Waals surface area (Å²) in [5, 5.41) is 5.71. The molecule has 2 fully saturated rings. The van der Waals surface area contributed by atoms with E-state index >= 15 is 0 Å². The second-order valence-corrected chi connectivity index (χ2v) is 7.86. The zero-order valence-corrected chi connectivity index (χ0v) is 16.0. The first kappa shape index (κ1) is 18.9. The molecule has 0 radical (unpaired) electrons. The van der Waals surface area contributed by atoms with E-state index < -0.39 is 29.8 Å². The number of nitrogens with zero attached hydrogens (tertiary/aromatic N) is 2. The SMILES string of the molecule is CN1C(=O)N(CC(=O)Nc2ccc3c(c2F)CCNC3)C(=O)C12CCCCC2. The van der Waals surface area contributed by atoms with Gasteiger partial charge in [0.25, 0.3) is 5.91 Å². The predicted molar refractivity (Wildman–Crippen MR) is 101 cm³/mol. The maximum atomic E-state index is 14.7. The highest BCUT2D eigenvalue weighted by Crippen LogP contribution is 2.39. The van der Waals surface area contributed by atoms with Crippen molar-refractivity contribution in [3.8, 4) is 0 Å². The van der Waals surface area contributed by atoms with Gasteiger partial charge in [-0.05, 0) is 43.0 Å². The summed E-state index contributed by atoms with van der Waals surface area (Å²) in [6, 6.07) is 2.86. The molecule has 0 bridgehead atoms. The van der Waals surface area contributed by atoms with E-state index in [2.05, 4.69) is 10.6 Å². The first-order chi connectivity index (χ1) is 13.4. The number of rotatable bonds is 3. The van der Waals surface area contributed by atoms with Crippen molar-refractivity contribution in [1.29, 1.82) is 0 Å². The molecule has 8 heteroatoms. The highest BCUT2D eigenvalue weighted by molar-refractivity contribution is 6.10. The van der Waals surface area contributed by atoms with Crippen LogP contribution in [0.15, 0.2) is 12.1 Å². The minimum absolute atomic E-state index is 0.0884. The number of benzene rings is 1. The monoisotopic (exact) mass is 388 g/mol. The number of nitrogens with one attached hydrogen (secondary N) is 2. The molecule has 1 aromatic rings. The largest absolute Gasteiger partial charge is 0.327 e. The van der Waals surface area contributed by atoms with Crippen LogP contribution in [0.1, 0.15) is 43.2 Å². The van der Waals surface area contributed by atoms with Crippen molar-refractivity contribution < 1.29 is 18.8 Å². The van der Waals surface area contributed by atoms with Gasteiger partial charge in [0.05, 0.1) is 5.69 Å². The number of hydrogen-bond acceptors (Lipinski definition) is 4. The minimum Gasteiger partial charge on any atom is -0.322 e. The Morgan fingerprint density at radius 2 is 2.00 bits per heavy atom. The fraction of sp³-hybridized carbons (Fsp3) is 0.550. The van der Waals surface area contributed by atoms with Gasteiger partial charge in [-0.2, -0.15) is 0 Å². The molecule has 1 saturated heterocycles. The third kappa shape index (κ3) is 2.96. The average molecular weight is 388 g/mol. The molecule has 2 N–H and O–H groups in total. The summed E-state index contributed by atoms with van der Waals surface area (Å²) in [6.45, 7) is 0.889. The average Bonchev–Trinajstić information content (AvgIpc) is 2.87. The summed E-state index contributed by atoms with van der Waals surface area (Å²) in [7, 11) is 1.63. The van der Waals surface area contributed by atoms with Gasteiger partial charge in [0.1, 0.15) is 17.9 Å². The molecule has 28 heavy (non-hydrogen) atoms. The van der Waals surface area contributed by atoms with Gasteiger partial charge < -0.3 is 15.5 Å². The van der Waals surface area contributed by atoms with Gasteiger partial charge in [0, 0.05) is 13.6 Å². The lowest BCUT2D eigenvalue weighted by Gasteiger charge is -2.35. The van der Waals surface area contributed by atoms with Crippen molar-refractivity contribution in [1.82, 2.24) is 15.1 Å². The van der Waals surface area contributed by atoms with Crippen molar-refractivity contribution in [3.63, 3.8) is 0 Å². The van der Waals surface area contributed by atoms with Crippen LogP contribution in [0.2, 0.25) is 0 Å². The van der Waals surface area contributed by atoms with E-state index in [-0.39, 0.29) is 11.6 Å². The molecular weight excluding hydrogens is 363 g/mol. The number of halogens is 1. The Labute approximate surface area is 163 Å². The smallest absolute Gasteiger partial charge is 0.322 e. The number of likely N-dealkylation sites (N-methyl/N-ethyl adjacent to an activating group) is 1. The lowest BCUT2D eigenvalue weighted by molar-refractivity contribution is -0.136. The van der Waals surface area contributed by atoms with Gasteiger partial charge in [0.2, 0.25) is 5.91 Å². The molecule has 1 aliphatic carbocycles. The van der Waals surface area contributed by atoms with Gasteiger partial charge in [-0.15, -0.1) is 0 Å². The maximum absolute atomic E-state index is 14.7. The normalized spacial score (nSPS) is 21.2. The fourth-order valence-electron chi connectivity index (χ4n) is 4.63. The quantitative estimate of drug-likeness (QED) is 0.776. The van der Waals surface area contributed by atoms with Crippen molar-refractivity contribution >= 4 is 23.5 Å². The minimum atomic E-state index is -0.820. The first-order valence-corrected chi connectivity index (χ1v) is 9.84. The number of carbonyl (C=O) groups is 3. The second kappa shape index (κ2) is 7.16. The lowest BCUT2D eigenvalue weighted by Crippen LogP contribution is -2.49. The highest BCUT2D eigenvalue weighted by Gasteiger charge is 2.55. The molecule has 0 unspecified atom stereocenters. The summed E-state index contributed by atoms with van der Waals surface area (Å²) in [6.07, 6.45) is 4.63. The zero-order chi connectivity index (χ0) is 19.9. The third-order valence-electron chi connectivity index (χ3n) is 6.27. The van der Waals surface area contributed by atoms with Gasteiger partial charge in [-0.3, -0.25) is 14.5 Å². The topological polar surface area (TPSA) is 81.8 Å². The summed E-state index contributed by atoms with van der Waals surface area (Å²) in [4.78, 5) is 40.5. The molecule has 1 saturated carbocycles. The number of amides is 4. The van der Waals surface area contributed by atoms with Crippen LogP contribution >= 0.6 is 0 Å². The molecular formula is C20H25FN4O3. The number of carbonyl (C=O) groups excluding carboxylic acids is 3. The van der Waals surface area contributed by atoms with E-state index in [1.54, 1.807) is 13.1 Å². The summed E-state index contributed by atoms with van der Waals surface area (Å²) in [5.41, 5.74) is 0.753. The first-order valence-electron chi connectivity index (χ1n) is 9.84. The highest BCUT2D eigenvalue weighted by atomic mass is 19.1. The standard InChI is InChI=1S/C20H25FN4O3/c1-24-19(28)25(18(27)20(24)8-3-2-4-9-20)12-16(26)23-15-6-5-13-11-22-10-7-14(13)17(15)21/h5-6,22H,2-4,7-12H2,1H3,(H,23,26). The molecule has 1 spiro atoms. The number of fused-ring (bicyclic) bond motifs is 1. The van der Waals surface area contributed by atoms with Gasteiger partial charge >= 0.3 is 6.03 Å². The molecule has 3 aliphatic rings. The molecule has 150 valence electrons. The van der Waals surface area contributed by atoms with Gasteiger partial charge in [-0.25, -0.2) is 9.18 Å². The Morgan fingerprint density at radius 3 is 2.75 bits per heavy atom. The molecule has 7 nitrogen and oxygen atoms in total. The number of imide groups is 1. The van der Waals surface area contributed by atoms with E-state index in [4.69, 9.17) is 0 Å². The Kier molecular flexibility index (Phi) is 4.82. The van der Waals surface area contributed by atoms with Crippen molar-refractivity contribution in [3.05, 3.63) is 29.1 Å². The Morgan fingerprint density at radius 1 is 1.25 bits per heavy atom. The lowest BCUT2D eigenvalue weighted by atomic mass is 9.81. The van der Waals surface area contributed by atoms with Crippen LogP contribution in [0.5, 0.6) is 0 Å². The van der Waals surface area contributed by atoms with E-state index in [0.717, 1.165) is 29.7 Å². The van der Waals surface area contributed by atoms with Crippen LogP contribution in [0, 0.1) is 5.82 Å². The zero-order valence-electron chi connectivity index (χ0n) is 16.0. The number of hydrogen-bond donors (Lipinski definition) is 2. The molecule has 2 aliphatic heterocycles. The Balaban J connectivity index is 1.48. The number of anilines is 1. The molecule has 0 aromatic heterocycles. The van der Waals surface area contributed by atoms with Gasteiger partial charge in [-0.1, -0.05) is 25.3 Å². The fourth-order valence-corrected chi connectivity index (χ4v) is 4.63. The predicted octanol–water partition coefficient (Wildman–Crippen LogP) is 2.01. The number of urea groups is 1. The van der Waals surface area contributed by atoms with Crippen LogP contribution in [0.4, 0.5) is 14.9 Å².